The third-order valence-electron chi connectivity index (χ3n) is 7.90. The van der Waals surface area contributed by atoms with E-state index in [2.05, 4.69) is 0 Å². The Morgan fingerprint density at radius 3 is 2.61 bits per heavy atom. The molecule has 2 fully saturated rings. The van der Waals surface area contributed by atoms with Crippen LogP contribution in [0.2, 0.25) is 5.02 Å². The predicted octanol–water partition coefficient (Wildman–Crippen LogP) is 2.88. The van der Waals surface area contributed by atoms with Crippen molar-refractivity contribution in [1.82, 2.24) is 4.90 Å². The summed E-state index contributed by atoms with van der Waals surface area (Å²) in [5.41, 5.74) is -1.80. The molecule has 8 nitrogen and oxygen atoms in total. The monoisotopic (exact) mass is 514 g/mol. The summed E-state index contributed by atoms with van der Waals surface area (Å²) in [5.74, 6) is -2.81. The molecule has 1 spiro atoms. The van der Waals surface area contributed by atoms with E-state index < -0.39 is 35.0 Å². The predicted molar refractivity (Wildman–Crippen MR) is 133 cm³/mol. The van der Waals surface area contributed by atoms with Crippen molar-refractivity contribution in [3.05, 3.63) is 53.6 Å². The summed E-state index contributed by atoms with van der Waals surface area (Å²) >= 11 is 6.47. The van der Waals surface area contributed by atoms with Crippen LogP contribution in [0.5, 0.6) is 0 Å². The highest BCUT2D eigenvalue weighted by molar-refractivity contribution is 6.34. The van der Waals surface area contributed by atoms with Crippen molar-refractivity contribution >= 4 is 35.1 Å². The van der Waals surface area contributed by atoms with Crippen LogP contribution < -0.4 is 4.90 Å². The lowest BCUT2D eigenvalue weighted by Gasteiger charge is -2.38. The molecule has 1 aromatic carbocycles. The molecule has 0 bridgehead atoms. The number of esters is 1. The van der Waals surface area contributed by atoms with E-state index in [0.717, 1.165) is 0 Å². The maximum atomic E-state index is 14.3. The zero-order chi connectivity index (χ0) is 25.5. The van der Waals surface area contributed by atoms with Crippen molar-refractivity contribution in [3.63, 3.8) is 0 Å². The van der Waals surface area contributed by atoms with Crippen molar-refractivity contribution < 1.29 is 29.0 Å². The zero-order valence-corrected chi connectivity index (χ0v) is 21.0. The Labute approximate surface area is 215 Å². The molecule has 2 saturated heterocycles. The second kappa shape index (κ2) is 9.65. The number of carbonyl (C=O) groups excluding carboxylic acids is 3. The number of fused-ring (bicyclic) bond motifs is 2. The molecule has 1 aromatic rings. The van der Waals surface area contributed by atoms with Gasteiger partial charge in [0.25, 0.3) is 5.91 Å². The number of anilines is 1. The molecule has 36 heavy (non-hydrogen) atoms. The van der Waals surface area contributed by atoms with E-state index >= 15 is 0 Å². The van der Waals surface area contributed by atoms with Gasteiger partial charge in [0.1, 0.15) is 29.8 Å². The Kier molecular flexibility index (Phi) is 6.70. The molecular formula is C27H31ClN2O6. The molecule has 2 amide bonds. The van der Waals surface area contributed by atoms with Crippen LogP contribution >= 0.6 is 11.6 Å². The number of aliphatic hydroxyl groups is 1. The number of amides is 2. The molecule has 192 valence electrons. The first-order valence-electron chi connectivity index (χ1n) is 12.6. The molecule has 4 aliphatic rings. The molecule has 5 rings (SSSR count). The number of nitrogens with zero attached hydrogens (tertiary/aromatic N) is 2. The van der Waals surface area contributed by atoms with E-state index in [1.165, 1.54) is 0 Å². The average Bonchev–Trinajstić information content (AvgIpc) is 3.14. The number of para-hydroxylation sites is 1. The van der Waals surface area contributed by atoms with Gasteiger partial charge in [-0.1, -0.05) is 48.9 Å². The first-order valence-corrected chi connectivity index (χ1v) is 13.0. The Balaban J connectivity index is 1.62. The van der Waals surface area contributed by atoms with Gasteiger partial charge in [0.2, 0.25) is 5.91 Å². The first-order chi connectivity index (χ1) is 17.4. The van der Waals surface area contributed by atoms with Crippen LogP contribution in [0.1, 0.15) is 32.6 Å². The minimum absolute atomic E-state index is 0.0638. The molecule has 4 aliphatic heterocycles. The third kappa shape index (κ3) is 3.69. The summed E-state index contributed by atoms with van der Waals surface area (Å²) in [4.78, 5) is 44.8. The summed E-state index contributed by atoms with van der Waals surface area (Å²) < 4.78 is 12.3. The summed E-state index contributed by atoms with van der Waals surface area (Å²) in [6, 6.07) is 6.14. The summed E-state index contributed by atoms with van der Waals surface area (Å²) in [6.45, 7) is 2.68. The number of benzene rings is 1. The third-order valence-corrected chi connectivity index (χ3v) is 8.22. The Morgan fingerprint density at radius 2 is 1.86 bits per heavy atom. The number of unbranched alkanes of at least 4 members (excludes halogenated alkanes) is 2. The zero-order valence-electron chi connectivity index (χ0n) is 20.3. The van der Waals surface area contributed by atoms with Crippen molar-refractivity contribution in [2.75, 3.05) is 31.2 Å². The molecule has 4 heterocycles. The largest absolute Gasteiger partial charge is 0.461 e. The van der Waals surface area contributed by atoms with Crippen molar-refractivity contribution in [2.45, 2.75) is 49.9 Å². The van der Waals surface area contributed by atoms with E-state index in [4.69, 9.17) is 21.1 Å². The van der Waals surface area contributed by atoms with Gasteiger partial charge in [-0.2, -0.15) is 0 Å². The van der Waals surface area contributed by atoms with Crippen LogP contribution in [0.15, 0.2) is 48.6 Å². The second-order valence-corrected chi connectivity index (χ2v) is 10.2. The Hall–Kier alpha value is -2.68. The number of halogens is 1. The van der Waals surface area contributed by atoms with Crippen LogP contribution in [0.4, 0.5) is 5.69 Å². The normalized spacial score (nSPS) is 33.2. The number of rotatable bonds is 7. The van der Waals surface area contributed by atoms with Crippen molar-refractivity contribution in [2.24, 2.45) is 11.8 Å². The van der Waals surface area contributed by atoms with Gasteiger partial charge in [-0.25, -0.2) is 0 Å². The highest BCUT2D eigenvalue weighted by Gasteiger charge is 2.75. The molecule has 1 unspecified atom stereocenters. The van der Waals surface area contributed by atoms with Gasteiger partial charge in [-0.05, 0) is 43.9 Å². The topological polar surface area (TPSA) is 96.4 Å². The maximum absolute atomic E-state index is 14.3. The van der Waals surface area contributed by atoms with Gasteiger partial charge in [0.05, 0.1) is 16.6 Å². The molecular weight excluding hydrogens is 484 g/mol. The van der Waals surface area contributed by atoms with Gasteiger partial charge in [-0.3, -0.25) is 14.4 Å². The lowest BCUT2D eigenvalue weighted by atomic mass is 9.73. The fourth-order valence-corrected chi connectivity index (χ4v) is 6.53. The lowest BCUT2D eigenvalue weighted by molar-refractivity contribution is -0.157. The lowest BCUT2D eigenvalue weighted by Crippen LogP contribution is -2.56. The summed E-state index contributed by atoms with van der Waals surface area (Å²) in [5, 5.41) is 9.62. The summed E-state index contributed by atoms with van der Waals surface area (Å²) in [6.07, 6.45) is 9.62. The standard InChI is InChI=1S/C27H31ClN2O6/c1-2-26-12-9-17-35-25(34)21(26)20-23(32)30(14-6-3-7-16-31)22-24(33)29(15-8-13-27(20,22)36-26)19-11-5-4-10-18(19)28/h4-5,8-13,20-22,31H,2-3,6-7,14-17H2,1H3/t20-,21+,22?,26-,27-/m0/s1. The molecule has 0 aliphatic carbocycles. The highest BCUT2D eigenvalue weighted by Crippen LogP contribution is 2.58. The van der Waals surface area contributed by atoms with Crippen molar-refractivity contribution in [1.29, 1.82) is 0 Å². The van der Waals surface area contributed by atoms with Crippen LogP contribution in [0.25, 0.3) is 0 Å². The van der Waals surface area contributed by atoms with Gasteiger partial charge in [-0.15, -0.1) is 0 Å². The number of likely N-dealkylation sites (tertiary alicyclic amines) is 1. The van der Waals surface area contributed by atoms with E-state index in [1.807, 2.05) is 31.2 Å². The second-order valence-electron chi connectivity index (χ2n) is 9.77. The number of hydrogen-bond acceptors (Lipinski definition) is 6. The van der Waals surface area contributed by atoms with Crippen LogP contribution in [-0.2, 0) is 23.9 Å². The maximum Gasteiger partial charge on any atom is 0.313 e. The van der Waals surface area contributed by atoms with Gasteiger partial charge in [0, 0.05) is 19.7 Å². The van der Waals surface area contributed by atoms with Crippen LogP contribution in [-0.4, -0.2) is 71.3 Å². The van der Waals surface area contributed by atoms with E-state index in [-0.39, 0.29) is 31.6 Å². The molecule has 0 aromatic heterocycles. The number of carbonyl (C=O) groups is 3. The fourth-order valence-electron chi connectivity index (χ4n) is 6.29. The number of hydrogen-bond donors (Lipinski definition) is 1. The van der Waals surface area contributed by atoms with Gasteiger partial charge < -0.3 is 24.4 Å². The Bertz CT molecular complexity index is 1120. The van der Waals surface area contributed by atoms with Crippen LogP contribution in [0, 0.1) is 11.8 Å². The minimum Gasteiger partial charge on any atom is -0.461 e. The van der Waals surface area contributed by atoms with E-state index in [0.29, 0.717) is 42.9 Å². The number of aliphatic hydroxyl groups excluding tert-OH is 1. The number of cyclic esters (lactones) is 1. The minimum atomic E-state index is -1.32. The van der Waals surface area contributed by atoms with Crippen LogP contribution in [0.3, 0.4) is 0 Å². The SMILES string of the molecule is CC[C@]12C=CCOC(=O)[C@H]1[C@H]1C(=O)N(CCCCCO)C3C(=O)N(c4ccccc4Cl)CC=C[C@@]31O2. The molecule has 1 N–H and O–H groups in total. The highest BCUT2D eigenvalue weighted by atomic mass is 35.5. The molecule has 5 atom stereocenters. The quantitative estimate of drug-likeness (QED) is 0.341. The number of ether oxygens (including phenoxy) is 2. The van der Waals surface area contributed by atoms with E-state index in [9.17, 15) is 19.5 Å². The van der Waals surface area contributed by atoms with Gasteiger partial charge >= 0.3 is 5.97 Å². The smallest absolute Gasteiger partial charge is 0.313 e. The van der Waals surface area contributed by atoms with Gasteiger partial charge in [0.15, 0.2) is 0 Å². The summed E-state index contributed by atoms with van der Waals surface area (Å²) in [7, 11) is 0. The molecule has 0 saturated carbocycles. The molecule has 9 heteroatoms. The first kappa shape index (κ1) is 25.0. The average molecular weight is 515 g/mol. The van der Waals surface area contributed by atoms with Crippen molar-refractivity contribution in [3.8, 4) is 0 Å². The molecule has 0 radical (unpaired) electrons. The fraction of sp³-hybridized carbons (Fsp3) is 0.519. The Morgan fingerprint density at radius 1 is 1.06 bits per heavy atom. The van der Waals surface area contributed by atoms with E-state index in [1.54, 1.807) is 34.1 Å².